The first-order valence-electron chi connectivity index (χ1n) is 3.96. The van der Waals surface area contributed by atoms with E-state index in [1.165, 1.54) is 6.33 Å². The first-order chi connectivity index (χ1) is 6.29. The van der Waals surface area contributed by atoms with Gasteiger partial charge in [0.2, 0.25) is 0 Å². The van der Waals surface area contributed by atoms with Gasteiger partial charge >= 0.3 is 0 Å². The van der Waals surface area contributed by atoms with E-state index in [9.17, 15) is 0 Å². The largest absolute Gasteiger partial charge is 0.359 e. The smallest absolute Gasteiger partial charge is 0.137 e. The summed E-state index contributed by atoms with van der Waals surface area (Å²) in [4.78, 5) is 7.93. The van der Waals surface area contributed by atoms with Crippen molar-refractivity contribution in [1.82, 2.24) is 9.97 Å². The zero-order valence-corrected chi connectivity index (χ0v) is 8.10. The van der Waals surface area contributed by atoms with Gasteiger partial charge in [-0.05, 0) is 6.42 Å². The average Bonchev–Trinajstić information content (AvgIpc) is 2.15. The molecular formula is C9H10ClN3. The van der Waals surface area contributed by atoms with Gasteiger partial charge < -0.3 is 5.32 Å². The molecule has 0 saturated heterocycles. The molecule has 0 fully saturated rings. The summed E-state index contributed by atoms with van der Waals surface area (Å²) < 4.78 is 0. The van der Waals surface area contributed by atoms with Crippen LogP contribution in [0.25, 0.3) is 0 Å². The Bertz CT molecular complexity index is 330. The number of hydrogen-bond donors (Lipinski definition) is 1. The molecular weight excluding hydrogens is 186 g/mol. The number of aromatic nitrogens is 2. The fraction of sp³-hybridized carbons (Fsp3) is 0.333. The Kier molecular flexibility index (Phi) is 3.53. The van der Waals surface area contributed by atoms with Gasteiger partial charge in [-0.1, -0.05) is 24.4 Å². The van der Waals surface area contributed by atoms with E-state index in [4.69, 9.17) is 18.0 Å². The lowest BCUT2D eigenvalue weighted by atomic mass is 10.2. The minimum Gasteiger partial charge on any atom is -0.359 e. The molecule has 1 heterocycles. The van der Waals surface area contributed by atoms with Gasteiger partial charge in [-0.25, -0.2) is 9.97 Å². The fourth-order valence-corrected chi connectivity index (χ4v) is 1.26. The van der Waals surface area contributed by atoms with Gasteiger partial charge in [0, 0.05) is 5.56 Å². The Balaban J connectivity index is 2.93. The van der Waals surface area contributed by atoms with E-state index < -0.39 is 0 Å². The van der Waals surface area contributed by atoms with Crippen molar-refractivity contribution in [1.29, 1.82) is 0 Å². The van der Waals surface area contributed by atoms with Crippen molar-refractivity contribution in [2.45, 2.75) is 13.3 Å². The molecule has 1 aromatic rings. The standard InChI is InChI=1S/C9H10ClN3/c1-3-5-11-9-7(4-2)8(10)12-6-13-9/h1,6H,4-5H2,2H3,(H,11,12,13). The summed E-state index contributed by atoms with van der Waals surface area (Å²) in [5, 5.41) is 3.47. The third kappa shape index (κ3) is 2.33. The lowest BCUT2D eigenvalue weighted by Gasteiger charge is -2.07. The van der Waals surface area contributed by atoms with Crippen LogP contribution < -0.4 is 5.32 Å². The number of halogens is 1. The highest BCUT2D eigenvalue weighted by Crippen LogP contribution is 2.19. The van der Waals surface area contributed by atoms with E-state index in [0.717, 1.165) is 17.8 Å². The molecule has 0 atom stereocenters. The first kappa shape index (κ1) is 9.82. The van der Waals surface area contributed by atoms with Crippen molar-refractivity contribution < 1.29 is 0 Å². The molecule has 0 radical (unpaired) electrons. The van der Waals surface area contributed by atoms with Crippen LogP contribution in [-0.2, 0) is 6.42 Å². The zero-order chi connectivity index (χ0) is 9.68. The summed E-state index contributed by atoms with van der Waals surface area (Å²) >= 11 is 5.87. The molecule has 13 heavy (non-hydrogen) atoms. The van der Waals surface area contributed by atoms with Crippen LogP contribution in [-0.4, -0.2) is 16.5 Å². The second-order valence-corrected chi connectivity index (χ2v) is 2.76. The van der Waals surface area contributed by atoms with Gasteiger partial charge in [0.15, 0.2) is 0 Å². The molecule has 0 aromatic carbocycles. The topological polar surface area (TPSA) is 37.8 Å². The molecule has 4 heteroatoms. The number of rotatable bonds is 3. The van der Waals surface area contributed by atoms with Crippen LogP contribution in [0.15, 0.2) is 6.33 Å². The van der Waals surface area contributed by atoms with E-state index in [0.29, 0.717) is 11.7 Å². The highest BCUT2D eigenvalue weighted by atomic mass is 35.5. The molecule has 1 rings (SSSR count). The molecule has 3 nitrogen and oxygen atoms in total. The van der Waals surface area contributed by atoms with Crippen molar-refractivity contribution in [3.63, 3.8) is 0 Å². The summed E-state index contributed by atoms with van der Waals surface area (Å²) in [6.07, 6.45) is 7.32. The van der Waals surface area contributed by atoms with Gasteiger partial charge in [-0.3, -0.25) is 0 Å². The second kappa shape index (κ2) is 4.68. The number of anilines is 1. The minimum absolute atomic E-state index is 0.445. The number of hydrogen-bond acceptors (Lipinski definition) is 3. The zero-order valence-electron chi connectivity index (χ0n) is 7.34. The van der Waals surface area contributed by atoms with Crippen molar-refractivity contribution in [2.75, 3.05) is 11.9 Å². The summed E-state index contributed by atoms with van der Waals surface area (Å²) in [7, 11) is 0. The Hall–Kier alpha value is -1.27. The molecule has 1 aromatic heterocycles. The number of nitrogens with one attached hydrogen (secondary N) is 1. The highest BCUT2D eigenvalue weighted by Gasteiger charge is 2.05. The molecule has 0 aliphatic carbocycles. The summed E-state index contributed by atoms with van der Waals surface area (Å²) in [5.74, 6) is 3.19. The van der Waals surface area contributed by atoms with E-state index in [-0.39, 0.29) is 0 Å². The van der Waals surface area contributed by atoms with Crippen LogP contribution in [0.4, 0.5) is 5.82 Å². The quantitative estimate of drug-likeness (QED) is 0.590. The van der Waals surface area contributed by atoms with Crippen molar-refractivity contribution in [3.05, 3.63) is 17.0 Å². The van der Waals surface area contributed by atoms with Crippen molar-refractivity contribution in [3.8, 4) is 12.3 Å². The summed E-state index contributed by atoms with van der Waals surface area (Å²) in [6, 6.07) is 0. The molecule has 68 valence electrons. The summed E-state index contributed by atoms with van der Waals surface area (Å²) in [5.41, 5.74) is 0.902. The maximum atomic E-state index is 5.87. The fourth-order valence-electron chi connectivity index (χ4n) is 0.991. The Morgan fingerprint density at radius 1 is 1.62 bits per heavy atom. The normalized spacial score (nSPS) is 9.31. The Labute approximate surface area is 82.5 Å². The lowest BCUT2D eigenvalue weighted by molar-refractivity contribution is 1.04. The molecule has 0 bridgehead atoms. The van der Waals surface area contributed by atoms with Crippen LogP contribution in [0.5, 0.6) is 0 Å². The average molecular weight is 196 g/mol. The Morgan fingerprint density at radius 2 is 2.38 bits per heavy atom. The predicted molar refractivity (Wildman–Crippen MR) is 53.7 cm³/mol. The van der Waals surface area contributed by atoms with Crippen LogP contribution >= 0.6 is 11.6 Å². The second-order valence-electron chi connectivity index (χ2n) is 2.40. The molecule has 0 spiro atoms. The summed E-state index contributed by atoms with van der Waals surface area (Å²) in [6.45, 7) is 2.44. The molecule has 1 N–H and O–H groups in total. The number of nitrogens with zero attached hydrogens (tertiary/aromatic N) is 2. The van der Waals surface area contributed by atoms with E-state index in [1.807, 2.05) is 6.92 Å². The van der Waals surface area contributed by atoms with E-state index >= 15 is 0 Å². The third-order valence-electron chi connectivity index (χ3n) is 1.60. The maximum absolute atomic E-state index is 5.87. The number of terminal acetylenes is 1. The van der Waals surface area contributed by atoms with Gasteiger partial charge in [-0.15, -0.1) is 6.42 Å². The van der Waals surface area contributed by atoms with E-state index in [1.54, 1.807) is 0 Å². The van der Waals surface area contributed by atoms with Gasteiger partial charge in [-0.2, -0.15) is 0 Å². The highest BCUT2D eigenvalue weighted by molar-refractivity contribution is 6.30. The first-order valence-corrected chi connectivity index (χ1v) is 4.34. The molecule has 0 aliphatic rings. The van der Waals surface area contributed by atoms with Crippen LogP contribution in [0, 0.1) is 12.3 Å². The SMILES string of the molecule is C#CCNc1ncnc(Cl)c1CC. The van der Waals surface area contributed by atoms with Crippen molar-refractivity contribution >= 4 is 17.4 Å². The minimum atomic E-state index is 0.445. The van der Waals surface area contributed by atoms with Gasteiger partial charge in [0.1, 0.15) is 17.3 Å². The lowest BCUT2D eigenvalue weighted by Crippen LogP contribution is -2.05. The van der Waals surface area contributed by atoms with Crippen LogP contribution in [0.2, 0.25) is 5.15 Å². The van der Waals surface area contributed by atoms with E-state index in [2.05, 4.69) is 21.2 Å². The molecule has 0 unspecified atom stereocenters. The maximum Gasteiger partial charge on any atom is 0.137 e. The molecule has 0 saturated carbocycles. The molecule has 0 amide bonds. The van der Waals surface area contributed by atoms with Crippen LogP contribution in [0.3, 0.4) is 0 Å². The molecule has 0 aliphatic heterocycles. The van der Waals surface area contributed by atoms with Crippen molar-refractivity contribution in [2.24, 2.45) is 0 Å². The monoisotopic (exact) mass is 195 g/mol. The van der Waals surface area contributed by atoms with Gasteiger partial charge in [0.25, 0.3) is 0 Å². The third-order valence-corrected chi connectivity index (χ3v) is 1.93. The van der Waals surface area contributed by atoms with Gasteiger partial charge in [0.05, 0.1) is 6.54 Å². The van der Waals surface area contributed by atoms with Crippen LogP contribution in [0.1, 0.15) is 12.5 Å². The predicted octanol–water partition coefficient (Wildman–Crippen LogP) is 1.74. The Morgan fingerprint density at radius 3 is 3.00 bits per heavy atom.